The zero-order chi connectivity index (χ0) is 12.8. The maximum absolute atomic E-state index is 11.9. The lowest BCUT2D eigenvalue weighted by atomic mass is 10.1. The van der Waals surface area contributed by atoms with E-state index in [9.17, 15) is 4.79 Å². The molecule has 1 unspecified atom stereocenters. The quantitative estimate of drug-likeness (QED) is 0.859. The number of hydrogen-bond donors (Lipinski definition) is 1. The van der Waals surface area contributed by atoms with Crippen molar-refractivity contribution in [1.82, 2.24) is 10.2 Å². The van der Waals surface area contributed by atoms with Crippen LogP contribution in [0.25, 0.3) is 0 Å². The summed E-state index contributed by atoms with van der Waals surface area (Å²) in [5.41, 5.74) is 1.08. The van der Waals surface area contributed by atoms with Crippen LogP contribution in [0.15, 0.2) is 30.3 Å². The van der Waals surface area contributed by atoms with Crippen LogP contribution in [-0.4, -0.2) is 36.5 Å². The van der Waals surface area contributed by atoms with E-state index in [0.29, 0.717) is 12.5 Å². The van der Waals surface area contributed by atoms with Crippen LogP contribution in [0.5, 0.6) is 0 Å². The Hall–Kier alpha value is -1.35. The van der Waals surface area contributed by atoms with Gasteiger partial charge in [0.05, 0.1) is 6.42 Å². The molecule has 1 saturated heterocycles. The molecule has 0 aliphatic carbocycles. The van der Waals surface area contributed by atoms with Crippen LogP contribution in [0.1, 0.15) is 25.3 Å². The van der Waals surface area contributed by atoms with Crippen molar-refractivity contribution < 1.29 is 4.79 Å². The molecule has 2 rings (SSSR count). The zero-order valence-corrected chi connectivity index (χ0v) is 11.1. The highest BCUT2D eigenvalue weighted by molar-refractivity contribution is 5.78. The Morgan fingerprint density at radius 1 is 1.39 bits per heavy atom. The van der Waals surface area contributed by atoms with Gasteiger partial charge < -0.3 is 10.2 Å². The number of nitrogens with zero attached hydrogens (tertiary/aromatic N) is 1. The van der Waals surface area contributed by atoms with Gasteiger partial charge in [-0.15, -0.1) is 0 Å². The first-order valence-electron chi connectivity index (χ1n) is 6.83. The van der Waals surface area contributed by atoms with E-state index < -0.39 is 0 Å². The smallest absolute Gasteiger partial charge is 0.224 e. The molecule has 3 heteroatoms. The minimum atomic E-state index is 0.143. The molecule has 1 amide bonds. The molecule has 1 fully saturated rings. The number of amides is 1. The molecule has 0 bridgehead atoms. The fraction of sp³-hybridized carbons (Fsp3) is 0.533. The lowest BCUT2D eigenvalue weighted by Gasteiger charge is -2.15. The second kappa shape index (κ2) is 6.55. The largest absolute Gasteiger partial charge is 0.352 e. The molecule has 1 aliphatic rings. The van der Waals surface area contributed by atoms with Crippen LogP contribution in [0.4, 0.5) is 0 Å². The molecule has 1 atom stereocenters. The molecule has 0 radical (unpaired) electrons. The van der Waals surface area contributed by atoms with Gasteiger partial charge in [-0.25, -0.2) is 0 Å². The minimum Gasteiger partial charge on any atom is -0.352 e. The van der Waals surface area contributed by atoms with Crippen LogP contribution in [0.3, 0.4) is 0 Å². The Morgan fingerprint density at radius 3 is 2.89 bits per heavy atom. The molecule has 0 aromatic heterocycles. The summed E-state index contributed by atoms with van der Waals surface area (Å²) in [5, 5.41) is 3.14. The van der Waals surface area contributed by atoms with Crippen LogP contribution < -0.4 is 5.32 Å². The topological polar surface area (TPSA) is 32.3 Å². The third kappa shape index (κ3) is 3.84. The van der Waals surface area contributed by atoms with Gasteiger partial charge in [0.1, 0.15) is 0 Å². The van der Waals surface area contributed by atoms with Crippen molar-refractivity contribution in [3.05, 3.63) is 35.9 Å². The molecule has 1 aliphatic heterocycles. The lowest BCUT2D eigenvalue weighted by Crippen LogP contribution is -2.38. The molecule has 1 N–H and O–H groups in total. The summed E-state index contributed by atoms with van der Waals surface area (Å²) in [6.07, 6.45) is 2.76. The van der Waals surface area contributed by atoms with Crippen LogP contribution in [0, 0.1) is 0 Å². The monoisotopic (exact) mass is 246 g/mol. The van der Waals surface area contributed by atoms with E-state index in [0.717, 1.165) is 31.6 Å². The normalized spacial score (nSPS) is 19.9. The highest BCUT2D eigenvalue weighted by Crippen LogP contribution is 2.09. The highest BCUT2D eigenvalue weighted by Gasteiger charge is 2.22. The number of carbonyl (C=O) groups is 1. The molecule has 98 valence electrons. The van der Waals surface area contributed by atoms with Crippen molar-refractivity contribution in [2.45, 2.75) is 32.2 Å². The summed E-state index contributed by atoms with van der Waals surface area (Å²) in [5.74, 6) is 0.143. The summed E-state index contributed by atoms with van der Waals surface area (Å²) >= 11 is 0. The van der Waals surface area contributed by atoms with Crippen molar-refractivity contribution in [1.29, 1.82) is 0 Å². The van der Waals surface area contributed by atoms with Gasteiger partial charge in [-0.3, -0.25) is 4.79 Å². The molecule has 1 heterocycles. The molecule has 0 spiro atoms. The first kappa shape index (κ1) is 13.1. The van der Waals surface area contributed by atoms with Crippen LogP contribution in [0.2, 0.25) is 0 Å². The maximum Gasteiger partial charge on any atom is 0.224 e. The predicted molar refractivity (Wildman–Crippen MR) is 73.4 cm³/mol. The van der Waals surface area contributed by atoms with E-state index in [1.165, 1.54) is 6.42 Å². The van der Waals surface area contributed by atoms with Gasteiger partial charge in [0.2, 0.25) is 5.91 Å². The second-order valence-electron chi connectivity index (χ2n) is 5.02. The molecule has 0 saturated carbocycles. The van der Waals surface area contributed by atoms with E-state index in [-0.39, 0.29) is 5.91 Å². The van der Waals surface area contributed by atoms with Gasteiger partial charge in [-0.2, -0.15) is 0 Å². The first-order valence-corrected chi connectivity index (χ1v) is 6.83. The third-order valence-electron chi connectivity index (χ3n) is 3.38. The third-order valence-corrected chi connectivity index (χ3v) is 3.38. The van der Waals surface area contributed by atoms with Gasteiger partial charge in [0, 0.05) is 19.1 Å². The van der Waals surface area contributed by atoms with E-state index >= 15 is 0 Å². The summed E-state index contributed by atoms with van der Waals surface area (Å²) in [6.45, 7) is 5.46. The standard InChI is InChI=1S/C15H22N2O/c1-2-9-17-10-8-14(12-17)16-15(18)11-13-6-4-3-5-7-13/h3-7,14H,2,8-12H2,1H3,(H,16,18). The van der Waals surface area contributed by atoms with Gasteiger partial charge in [-0.1, -0.05) is 37.3 Å². The number of nitrogens with one attached hydrogen (secondary N) is 1. The average molecular weight is 246 g/mol. The van der Waals surface area contributed by atoms with Crippen LogP contribution >= 0.6 is 0 Å². The Balaban J connectivity index is 1.75. The molecule has 1 aromatic carbocycles. The Bertz CT molecular complexity index is 377. The summed E-state index contributed by atoms with van der Waals surface area (Å²) in [6, 6.07) is 10.3. The number of rotatable bonds is 5. The number of hydrogen-bond acceptors (Lipinski definition) is 2. The van der Waals surface area contributed by atoms with Crippen molar-refractivity contribution in [3.8, 4) is 0 Å². The Labute approximate surface area is 109 Å². The summed E-state index contributed by atoms with van der Waals surface area (Å²) in [7, 11) is 0. The summed E-state index contributed by atoms with van der Waals surface area (Å²) in [4.78, 5) is 14.3. The first-order chi connectivity index (χ1) is 8.78. The fourth-order valence-corrected chi connectivity index (χ4v) is 2.53. The van der Waals surface area contributed by atoms with Gasteiger partial charge in [0.25, 0.3) is 0 Å². The fourth-order valence-electron chi connectivity index (χ4n) is 2.53. The van der Waals surface area contributed by atoms with E-state index in [1.54, 1.807) is 0 Å². The second-order valence-corrected chi connectivity index (χ2v) is 5.02. The molecule has 3 nitrogen and oxygen atoms in total. The SMILES string of the molecule is CCCN1CCC(NC(=O)Cc2ccccc2)C1. The van der Waals surface area contributed by atoms with Crippen molar-refractivity contribution in [2.75, 3.05) is 19.6 Å². The van der Waals surface area contributed by atoms with Crippen LogP contribution in [-0.2, 0) is 11.2 Å². The van der Waals surface area contributed by atoms with Crippen molar-refractivity contribution in [2.24, 2.45) is 0 Å². The number of carbonyl (C=O) groups excluding carboxylic acids is 1. The maximum atomic E-state index is 11.9. The van der Waals surface area contributed by atoms with Gasteiger partial charge in [-0.05, 0) is 24.9 Å². The highest BCUT2D eigenvalue weighted by atomic mass is 16.1. The predicted octanol–water partition coefficient (Wildman–Crippen LogP) is 1.83. The summed E-state index contributed by atoms with van der Waals surface area (Å²) < 4.78 is 0. The molecular formula is C15H22N2O. The van der Waals surface area contributed by atoms with Crippen molar-refractivity contribution >= 4 is 5.91 Å². The molecular weight excluding hydrogens is 224 g/mol. The average Bonchev–Trinajstić information content (AvgIpc) is 2.78. The minimum absolute atomic E-state index is 0.143. The van der Waals surface area contributed by atoms with Gasteiger partial charge >= 0.3 is 0 Å². The van der Waals surface area contributed by atoms with E-state index in [4.69, 9.17) is 0 Å². The van der Waals surface area contributed by atoms with Gasteiger partial charge in [0.15, 0.2) is 0 Å². The number of likely N-dealkylation sites (tertiary alicyclic amines) is 1. The van der Waals surface area contributed by atoms with Crippen molar-refractivity contribution in [3.63, 3.8) is 0 Å². The lowest BCUT2D eigenvalue weighted by molar-refractivity contribution is -0.121. The number of benzene rings is 1. The zero-order valence-electron chi connectivity index (χ0n) is 11.1. The molecule has 1 aromatic rings. The molecule has 18 heavy (non-hydrogen) atoms. The van der Waals surface area contributed by atoms with E-state index in [2.05, 4.69) is 17.1 Å². The Kier molecular flexibility index (Phi) is 4.76. The Morgan fingerprint density at radius 2 is 2.17 bits per heavy atom. The van der Waals surface area contributed by atoms with E-state index in [1.807, 2.05) is 30.3 Å².